The van der Waals surface area contributed by atoms with Gasteiger partial charge in [-0.15, -0.1) is 0 Å². The van der Waals surface area contributed by atoms with E-state index in [1.54, 1.807) is 12.3 Å². The second kappa shape index (κ2) is 6.36. The molecule has 0 unspecified atom stereocenters. The van der Waals surface area contributed by atoms with Crippen LogP contribution in [0, 0.1) is 0 Å². The van der Waals surface area contributed by atoms with Crippen molar-refractivity contribution in [1.82, 2.24) is 10.0 Å². The summed E-state index contributed by atoms with van der Waals surface area (Å²) in [7, 11) is -3.16. The molecule has 0 aromatic carbocycles. The van der Waals surface area contributed by atoms with Gasteiger partial charge in [0, 0.05) is 18.2 Å². The van der Waals surface area contributed by atoms with Gasteiger partial charge in [0.25, 0.3) is 0 Å². The van der Waals surface area contributed by atoms with Gasteiger partial charge in [-0.2, -0.15) is 0 Å². The van der Waals surface area contributed by atoms with E-state index in [-0.39, 0.29) is 5.75 Å². The van der Waals surface area contributed by atoms with Crippen LogP contribution >= 0.6 is 0 Å². The Balaban J connectivity index is 1.57. The Morgan fingerprint density at radius 2 is 2.17 bits per heavy atom. The van der Waals surface area contributed by atoms with Crippen LogP contribution < -0.4 is 10.0 Å². The Labute approximate surface area is 108 Å². The van der Waals surface area contributed by atoms with Gasteiger partial charge in [0.2, 0.25) is 10.0 Å². The fourth-order valence-electron chi connectivity index (χ4n) is 1.67. The van der Waals surface area contributed by atoms with Gasteiger partial charge in [-0.05, 0) is 38.3 Å². The maximum atomic E-state index is 11.7. The van der Waals surface area contributed by atoms with Gasteiger partial charge >= 0.3 is 0 Å². The summed E-state index contributed by atoms with van der Waals surface area (Å²) in [4.78, 5) is 0. The first kappa shape index (κ1) is 13.6. The molecular weight excluding hydrogens is 252 g/mol. The van der Waals surface area contributed by atoms with Crippen molar-refractivity contribution in [2.24, 2.45) is 0 Å². The molecule has 1 heterocycles. The van der Waals surface area contributed by atoms with E-state index in [1.807, 2.05) is 0 Å². The van der Waals surface area contributed by atoms with Crippen LogP contribution in [0.15, 0.2) is 23.0 Å². The number of furan rings is 1. The average Bonchev–Trinajstić information content (AvgIpc) is 3.00. The molecule has 18 heavy (non-hydrogen) atoms. The largest absolute Gasteiger partial charge is 0.472 e. The van der Waals surface area contributed by atoms with Crippen molar-refractivity contribution in [3.8, 4) is 0 Å². The summed E-state index contributed by atoms with van der Waals surface area (Å²) in [5.41, 5.74) is 0.842. The highest BCUT2D eigenvalue weighted by Crippen LogP contribution is 2.18. The molecule has 1 saturated carbocycles. The third kappa shape index (κ3) is 5.20. The molecule has 5 nitrogen and oxygen atoms in total. The van der Waals surface area contributed by atoms with Crippen molar-refractivity contribution < 1.29 is 12.8 Å². The molecule has 1 aliphatic rings. The lowest BCUT2D eigenvalue weighted by atomic mass is 10.3. The lowest BCUT2D eigenvalue weighted by molar-refractivity contribution is 0.560. The highest BCUT2D eigenvalue weighted by Gasteiger charge is 2.19. The molecule has 1 aliphatic carbocycles. The van der Waals surface area contributed by atoms with Gasteiger partial charge in [-0.1, -0.05) is 0 Å². The van der Waals surface area contributed by atoms with E-state index in [4.69, 9.17) is 4.42 Å². The zero-order chi connectivity index (χ0) is 12.8. The van der Waals surface area contributed by atoms with Gasteiger partial charge in [0.15, 0.2) is 0 Å². The number of nitrogens with one attached hydrogen (secondary N) is 2. The van der Waals surface area contributed by atoms with E-state index in [0.29, 0.717) is 19.0 Å². The molecule has 0 radical (unpaired) electrons. The Kier molecular flexibility index (Phi) is 4.79. The molecule has 0 atom stereocenters. The summed E-state index contributed by atoms with van der Waals surface area (Å²) in [5.74, 6) is 0.192. The molecule has 0 saturated heterocycles. The number of sulfonamides is 1. The van der Waals surface area contributed by atoms with E-state index >= 15 is 0 Å². The SMILES string of the molecule is O=S(=O)(CCCCNC1CC1)NCc1ccoc1. The fourth-order valence-corrected chi connectivity index (χ4v) is 2.78. The average molecular weight is 272 g/mol. The summed E-state index contributed by atoms with van der Waals surface area (Å²) < 4.78 is 30.8. The van der Waals surface area contributed by atoms with Crippen molar-refractivity contribution in [2.45, 2.75) is 38.3 Å². The third-order valence-corrected chi connectivity index (χ3v) is 4.34. The predicted molar refractivity (Wildman–Crippen MR) is 69.6 cm³/mol. The van der Waals surface area contributed by atoms with Crippen LogP contribution in [0.4, 0.5) is 0 Å². The van der Waals surface area contributed by atoms with E-state index in [2.05, 4.69) is 10.0 Å². The zero-order valence-corrected chi connectivity index (χ0v) is 11.2. The van der Waals surface area contributed by atoms with Crippen LogP contribution in [0.3, 0.4) is 0 Å². The predicted octanol–water partition coefficient (Wildman–Crippen LogP) is 1.23. The van der Waals surface area contributed by atoms with Crippen molar-refractivity contribution in [1.29, 1.82) is 0 Å². The monoisotopic (exact) mass is 272 g/mol. The van der Waals surface area contributed by atoms with Crippen LogP contribution in [0.25, 0.3) is 0 Å². The molecule has 0 spiro atoms. The summed E-state index contributed by atoms with van der Waals surface area (Å²) in [6.45, 7) is 1.22. The first-order valence-electron chi connectivity index (χ1n) is 6.37. The van der Waals surface area contributed by atoms with E-state index < -0.39 is 10.0 Å². The van der Waals surface area contributed by atoms with Crippen molar-refractivity contribution in [3.63, 3.8) is 0 Å². The summed E-state index contributed by atoms with van der Waals surface area (Å²) >= 11 is 0. The molecule has 1 aromatic rings. The maximum Gasteiger partial charge on any atom is 0.211 e. The molecule has 2 rings (SSSR count). The van der Waals surface area contributed by atoms with Gasteiger partial charge in [-0.3, -0.25) is 0 Å². The van der Waals surface area contributed by atoms with Crippen molar-refractivity contribution in [2.75, 3.05) is 12.3 Å². The molecule has 0 aliphatic heterocycles. The van der Waals surface area contributed by atoms with Crippen LogP contribution in [0.1, 0.15) is 31.2 Å². The van der Waals surface area contributed by atoms with Crippen LogP contribution in [-0.4, -0.2) is 26.8 Å². The molecular formula is C12H20N2O3S. The Hall–Kier alpha value is -0.850. The third-order valence-electron chi connectivity index (χ3n) is 2.93. The molecule has 1 aromatic heterocycles. The van der Waals surface area contributed by atoms with E-state index in [9.17, 15) is 8.42 Å². The Bertz CT molecular complexity index is 438. The van der Waals surface area contributed by atoms with Crippen LogP contribution in [0.5, 0.6) is 0 Å². The first-order valence-corrected chi connectivity index (χ1v) is 8.03. The van der Waals surface area contributed by atoms with Gasteiger partial charge in [0.1, 0.15) is 0 Å². The molecule has 6 heteroatoms. The minimum atomic E-state index is -3.16. The van der Waals surface area contributed by atoms with Gasteiger partial charge < -0.3 is 9.73 Å². The molecule has 2 N–H and O–H groups in total. The van der Waals surface area contributed by atoms with E-state index in [0.717, 1.165) is 18.5 Å². The highest BCUT2D eigenvalue weighted by molar-refractivity contribution is 7.89. The number of rotatable bonds is 9. The Morgan fingerprint density at radius 1 is 1.33 bits per heavy atom. The van der Waals surface area contributed by atoms with Crippen molar-refractivity contribution >= 4 is 10.0 Å². The number of hydrogen-bond donors (Lipinski definition) is 2. The normalized spacial score (nSPS) is 16.0. The zero-order valence-electron chi connectivity index (χ0n) is 10.4. The highest BCUT2D eigenvalue weighted by atomic mass is 32.2. The molecule has 102 valence electrons. The Morgan fingerprint density at radius 3 is 2.83 bits per heavy atom. The maximum absolute atomic E-state index is 11.7. The quantitative estimate of drug-likeness (QED) is 0.663. The summed E-state index contributed by atoms with van der Waals surface area (Å²) in [5, 5.41) is 3.37. The smallest absolute Gasteiger partial charge is 0.211 e. The van der Waals surface area contributed by atoms with Crippen molar-refractivity contribution in [3.05, 3.63) is 24.2 Å². The van der Waals surface area contributed by atoms with Crippen LogP contribution in [-0.2, 0) is 16.6 Å². The second-order valence-corrected chi connectivity index (χ2v) is 6.63. The van der Waals surface area contributed by atoms with Gasteiger partial charge in [-0.25, -0.2) is 13.1 Å². The van der Waals surface area contributed by atoms with E-state index in [1.165, 1.54) is 19.1 Å². The number of unbranched alkanes of at least 4 members (excludes halogenated alkanes) is 1. The minimum Gasteiger partial charge on any atom is -0.472 e. The summed E-state index contributed by atoms with van der Waals surface area (Å²) in [6, 6.07) is 2.45. The van der Waals surface area contributed by atoms with Crippen LogP contribution in [0.2, 0.25) is 0 Å². The molecule has 0 amide bonds. The molecule has 1 fully saturated rings. The fraction of sp³-hybridized carbons (Fsp3) is 0.667. The van der Waals surface area contributed by atoms with Gasteiger partial charge in [0.05, 0.1) is 18.3 Å². The minimum absolute atomic E-state index is 0.192. The number of hydrogen-bond acceptors (Lipinski definition) is 4. The summed E-state index contributed by atoms with van der Waals surface area (Å²) in [6.07, 6.45) is 7.22. The topological polar surface area (TPSA) is 71.3 Å². The molecule has 0 bridgehead atoms. The lowest BCUT2D eigenvalue weighted by Gasteiger charge is -2.06. The first-order chi connectivity index (χ1) is 8.66. The second-order valence-electron chi connectivity index (χ2n) is 4.71. The lowest BCUT2D eigenvalue weighted by Crippen LogP contribution is -2.26. The standard InChI is InChI=1S/C12H20N2O3S/c15-18(16,14-9-11-5-7-17-10-11)8-2-1-6-13-12-3-4-12/h5,7,10,12-14H,1-4,6,8-9H2.